The molecule has 0 saturated carbocycles. The van der Waals surface area contributed by atoms with E-state index in [1.165, 1.54) is 11.1 Å². The minimum absolute atomic E-state index is 0.398. The standard InChI is InChI=1S/C16H20N2O/c1-13-2-4-15(5-3-13)16(19)8-11-18-12-14-6-9-17-10-7-14/h2-7,9-10,16,18-19H,8,11-12H2,1H3. The molecule has 3 nitrogen and oxygen atoms in total. The maximum absolute atomic E-state index is 10.1. The molecule has 0 aliphatic carbocycles. The summed E-state index contributed by atoms with van der Waals surface area (Å²) in [5, 5.41) is 13.4. The van der Waals surface area contributed by atoms with Gasteiger partial charge in [-0.2, -0.15) is 0 Å². The summed E-state index contributed by atoms with van der Waals surface area (Å²) in [4.78, 5) is 3.98. The number of aryl methyl sites for hydroxylation is 1. The van der Waals surface area contributed by atoms with Crippen molar-refractivity contribution in [1.82, 2.24) is 10.3 Å². The predicted molar refractivity (Wildman–Crippen MR) is 76.7 cm³/mol. The second-order valence-corrected chi connectivity index (χ2v) is 4.75. The largest absolute Gasteiger partial charge is 0.388 e. The normalized spacial score (nSPS) is 12.3. The van der Waals surface area contributed by atoms with E-state index in [9.17, 15) is 5.11 Å². The van der Waals surface area contributed by atoms with Gasteiger partial charge in [-0.15, -0.1) is 0 Å². The topological polar surface area (TPSA) is 45.1 Å². The van der Waals surface area contributed by atoms with E-state index in [4.69, 9.17) is 0 Å². The lowest BCUT2D eigenvalue weighted by atomic mass is 10.1. The fourth-order valence-electron chi connectivity index (χ4n) is 1.93. The molecule has 1 heterocycles. The van der Waals surface area contributed by atoms with Crippen LogP contribution in [0.5, 0.6) is 0 Å². The average molecular weight is 256 g/mol. The van der Waals surface area contributed by atoms with Crippen molar-refractivity contribution in [3.63, 3.8) is 0 Å². The van der Waals surface area contributed by atoms with E-state index in [2.05, 4.69) is 10.3 Å². The van der Waals surface area contributed by atoms with Gasteiger partial charge >= 0.3 is 0 Å². The van der Waals surface area contributed by atoms with Crippen LogP contribution in [0.3, 0.4) is 0 Å². The van der Waals surface area contributed by atoms with Gasteiger partial charge in [-0.1, -0.05) is 29.8 Å². The highest BCUT2D eigenvalue weighted by atomic mass is 16.3. The molecule has 0 radical (unpaired) electrons. The zero-order chi connectivity index (χ0) is 13.5. The molecule has 1 aromatic heterocycles. The molecule has 3 heteroatoms. The highest BCUT2D eigenvalue weighted by molar-refractivity contribution is 5.23. The van der Waals surface area contributed by atoms with Crippen molar-refractivity contribution in [2.24, 2.45) is 0 Å². The number of aliphatic hydroxyl groups is 1. The van der Waals surface area contributed by atoms with E-state index < -0.39 is 6.10 Å². The number of nitrogens with zero attached hydrogens (tertiary/aromatic N) is 1. The molecule has 2 N–H and O–H groups in total. The van der Waals surface area contributed by atoms with Crippen molar-refractivity contribution in [1.29, 1.82) is 0 Å². The van der Waals surface area contributed by atoms with Crippen molar-refractivity contribution in [2.45, 2.75) is 26.0 Å². The third-order valence-corrected chi connectivity index (χ3v) is 3.14. The smallest absolute Gasteiger partial charge is 0.0802 e. The molecule has 2 aromatic rings. The third-order valence-electron chi connectivity index (χ3n) is 3.14. The van der Waals surface area contributed by atoms with Gasteiger partial charge in [-0.25, -0.2) is 0 Å². The Morgan fingerprint density at radius 1 is 1.11 bits per heavy atom. The first kappa shape index (κ1) is 13.7. The van der Waals surface area contributed by atoms with Crippen LogP contribution in [0.25, 0.3) is 0 Å². The number of aliphatic hydroxyl groups excluding tert-OH is 1. The van der Waals surface area contributed by atoms with E-state index in [1.54, 1.807) is 12.4 Å². The van der Waals surface area contributed by atoms with Crippen LogP contribution in [-0.2, 0) is 6.54 Å². The van der Waals surface area contributed by atoms with Crippen LogP contribution < -0.4 is 5.32 Å². The van der Waals surface area contributed by atoms with Crippen LogP contribution >= 0.6 is 0 Å². The number of hydrogen-bond donors (Lipinski definition) is 2. The molecule has 1 aromatic carbocycles. The van der Waals surface area contributed by atoms with Crippen molar-refractivity contribution in [3.8, 4) is 0 Å². The fourth-order valence-corrected chi connectivity index (χ4v) is 1.93. The van der Waals surface area contributed by atoms with E-state index >= 15 is 0 Å². The van der Waals surface area contributed by atoms with Crippen LogP contribution in [0, 0.1) is 6.92 Å². The van der Waals surface area contributed by atoms with Gasteiger partial charge < -0.3 is 10.4 Å². The molecule has 1 atom stereocenters. The molecule has 100 valence electrons. The maximum atomic E-state index is 10.1. The maximum Gasteiger partial charge on any atom is 0.0802 e. The first-order valence-electron chi connectivity index (χ1n) is 6.60. The Morgan fingerprint density at radius 2 is 1.79 bits per heavy atom. The quantitative estimate of drug-likeness (QED) is 0.781. The predicted octanol–water partition coefficient (Wildman–Crippen LogP) is 2.60. The summed E-state index contributed by atoms with van der Waals surface area (Å²) < 4.78 is 0. The molecule has 19 heavy (non-hydrogen) atoms. The van der Waals surface area contributed by atoms with Gasteiger partial charge in [-0.3, -0.25) is 4.98 Å². The second kappa shape index (κ2) is 7.02. The lowest BCUT2D eigenvalue weighted by molar-refractivity contribution is 0.166. The molecule has 1 unspecified atom stereocenters. The SMILES string of the molecule is Cc1ccc(C(O)CCNCc2ccncc2)cc1. The summed E-state index contributed by atoms with van der Waals surface area (Å²) in [7, 11) is 0. The Morgan fingerprint density at radius 3 is 2.47 bits per heavy atom. The van der Waals surface area contributed by atoms with Gasteiger partial charge in [0, 0.05) is 18.9 Å². The number of hydrogen-bond acceptors (Lipinski definition) is 3. The van der Waals surface area contributed by atoms with E-state index in [-0.39, 0.29) is 0 Å². The summed E-state index contributed by atoms with van der Waals surface area (Å²) >= 11 is 0. The van der Waals surface area contributed by atoms with E-state index in [0.29, 0.717) is 6.42 Å². The van der Waals surface area contributed by atoms with Crippen molar-refractivity contribution in [3.05, 3.63) is 65.5 Å². The first-order chi connectivity index (χ1) is 9.25. The zero-order valence-electron chi connectivity index (χ0n) is 11.2. The summed E-state index contributed by atoms with van der Waals surface area (Å²) in [5.41, 5.74) is 3.41. The van der Waals surface area contributed by atoms with Crippen LogP contribution in [0.1, 0.15) is 29.2 Å². The monoisotopic (exact) mass is 256 g/mol. The van der Waals surface area contributed by atoms with Crippen molar-refractivity contribution >= 4 is 0 Å². The number of pyridine rings is 1. The molecular formula is C16H20N2O. The molecule has 0 spiro atoms. The molecule has 0 aliphatic rings. The summed E-state index contributed by atoms with van der Waals surface area (Å²) in [6, 6.07) is 12.0. The van der Waals surface area contributed by atoms with Gasteiger partial charge in [-0.05, 0) is 43.1 Å². The van der Waals surface area contributed by atoms with Gasteiger partial charge in [0.1, 0.15) is 0 Å². The Balaban J connectivity index is 1.72. The molecule has 0 bridgehead atoms. The van der Waals surface area contributed by atoms with Crippen molar-refractivity contribution in [2.75, 3.05) is 6.54 Å². The summed E-state index contributed by atoms with van der Waals surface area (Å²) in [6.07, 6.45) is 3.90. The van der Waals surface area contributed by atoms with Crippen LogP contribution in [0.2, 0.25) is 0 Å². The lowest BCUT2D eigenvalue weighted by Crippen LogP contribution is -2.17. The van der Waals surface area contributed by atoms with Gasteiger partial charge in [0.15, 0.2) is 0 Å². The fraction of sp³-hybridized carbons (Fsp3) is 0.312. The molecule has 0 saturated heterocycles. The third kappa shape index (κ3) is 4.47. The van der Waals surface area contributed by atoms with Crippen LogP contribution in [0.15, 0.2) is 48.8 Å². The Hall–Kier alpha value is -1.71. The number of aromatic nitrogens is 1. The number of benzene rings is 1. The summed E-state index contributed by atoms with van der Waals surface area (Å²) in [5.74, 6) is 0. The van der Waals surface area contributed by atoms with Crippen LogP contribution in [0.4, 0.5) is 0 Å². The molecule has 2 rings (SSSR count). The van der Waals surface area contributed by atoms with Gasteiger partial charge in [0.2, 0.25) is 0 Å². The van der Waals surface area contributed by atoms with Crippen molar-refractivity contribution < 1.29 is 5.11 Å². The summed E-state index contributed by atoms with van der Waals surface area (Å²) in [6.45, 7) is 3.65. The van der Waals surface area contributed by atoms with Gasteiger partial charge in [0.25, 0.3) is 0 Å². The average Bonchev–Trinajstić information content (AvgIpc) is 2.45. The Labute approximate surface area is 114 Å². The highest BCUT2D eigenvalue weighted by Crippen LogP contribution is 2.16. The lowest BCUT2D eigenvalue weighted by Gasteiger charge is -2.12. The molecule has 0 fully saturated rings. The molecular weight excluding hydrogens is 236 g/mol. The molecule has 0 aliphatic heterocycles. The Bertz CT molecular complexity index is 482. The van der Waals surface area contributed by atoms with E-state index in [1.807, 2.05) is 43.3 Å². The number of rotatable bonds is 6. The van der Waals surface area contributed by atoms with Gasteiger partial charge in [0.05, 0.1) is 6.10 Å². The minimum Gasteiger partial charge on any atom is -0.388 e. The first-order valence-corrected chi connectivity index (χ1v) is 6.60. The molecule has 0 amide bonds. The highest BCUT2D eigenvalue weighted by Gasteiger charge is 2.06. The number of nitrogens with one attached hydrogen (secondary N) is 1. The minimum atomic E-state index is -0.398. The van der Waals surface area contributed by atoms with Crippen LogP contribution in [-0.4, -0.2) is 16.6 Å². The zero-order valence-corrected chi connectivity index (χ0v) is 11.2. The second-order valence-electron chi connectivity index (χ2n) is 4.75. The Kier molecular flexibility index (Phi) is 5.07. The van der Waals surface area contributed by atoms with E-state index in [0.717, 1.165) is 18.7 Å².